The summed E-state index contributed by atoms with van der Waals surface area (Å²) in [4.78, 5) is 4.93. The molecule has 0 fully saturated rings. The summed E-state index contributed by atoms with van der Waals surface area (Å²) < 4.78 is 2.41. The molecule has 318 valence electrons. The Morgan fingerprint density at radius 1 is 0.294 bits per heavy atom. The molecule has 11 aromatic carbocycles. The van der Waals surface area contributed by atoms with Gasteiger partial charge in [0.2, 0.25) is 0 Å². The van der Waals surface area contributed by atoms with Gasteiger partial charge in [-0.15, -0.1) is 0 Å². The average molecular weight is 866 g/mol. The molecule has 1 atom stereocenters. The Hall–Kier alpha value is -8.92. The van der Waals surface area contributed by atoms with Gasteiger partial charge in [0.05, 0.1) is 27.8 Å². The van der Waals surface area contributed by atoms with Crippen LogP contribution < -0.4 is 9.80 Å². The molecular weight excluding hydrogens is 823 g/mol. The van der Waals surface area contributed by atoms with E-state index in [4.69, 9.17) is 0 Å². The number of hydrogen-bond donors (Lipinski definition) is 0. The van der Waals surface area contributed by atoms with Gasteiger partial charge in [-0.3, -0.25) is 0 Å². The number of para-hydroxylation sites is 5. The zero-order valence-electron chi connectivity index (χ0n) is 37.2. The summed E-state index contributed by atoms with van der Waals surface area (Å²) in [5, 5.41) is 4.89. The smallest absolute Gasteiger partial charge is 0.0727 e. The molecule has 2 aliphatic carbocycles. The van der Waals surface area contributed by atoms with Crippen molar-refractivity contribution in [3.63, 3.8) is 0 Å². The Morgan fingerprint density at radius 2 is 0.794 bits per heavy atom. The van der Waals surface area contributed by atoms with Crippen LogP contribution in [0.3, 0.4) is 0 Å². The highest BCUT2D eigenvalue weighted by Crippen LogP contribution is 2.65. The van der Waals surface area contributed by atoms with Crippen molar-refractivity contribution < 1.29 is 0 Å². The van der Waals surface area contributed by atoms with Gasteiger partial charge in [0.15, 0.2) is 0 Å². The Morgan fingerprint density at radius 3 is 1.47 bits per heavy atom. The Labute approximate surface area is 395 Å². The van der Waals surface area contributed by atoms with Gasteiger partial charge in [-0.1, -0.05) is 176 Å². The van der Waals surface area contributed by atoms with Crippen LogP contribution in [0.5, 0.6) is 0 Å². The molecule has 3 heteroatoms. The molecule has 2 aliphatic rings. The first-order chi connectivity index (χ1) is 33.8. The number of fused-ring (bicyclic) bond motifs is 15. The molecule has 1 unspecified atom stereocenters. The lowest BCUT2D eigenvalue weighted by molar-refractivity contribution is 0.794. The molecule has 0 radical (unpaired) electrons. The maximum Gasteiger partial charge on any atom is 0.0727 e. The molecule has 3 nitrogen and oxygen atoms in total. The Bertz CT molecular complexity index is 3870. The molecule has 14 rings (SSSR count). The lowest BCUT2D eigenvalue weighted by Gasteiger charge is -2.34. The van der Waals surface area contributed by atoms with Crippen LogP contribution in [0.15, 0.2) is 261 Å². The van der Waals surface area contributed by atoms with Gasteiger partial charge in [0, 0.05) is 44.6 Å². The number of nitrogens with zero attached hydrogens (tertiary/aromatic N) is 3. The first-order valence-corrected chi connectivity index (χ1v) is 23.5. The van der Waals surface area contributed by atoms with E-state index < -0.39 is 5.41 Å². The van der Waals surface area contributed by atoms with E-state index >= 15 is 0 Å². The van der Waals surface area contributed by atoms with E-state index in [9.17, 15) is 0 Å². The van der Waals surface area contributed by atoms with E-state index in [0.29, 0.717) is 0 Å². The average Bonchev–Trinajstić information content (AvgIpc) is 4.02. The molecule has 1 spiro atoms. The second-order valence-corrected chi connectivity index (χ2v) is 18.0. The topological polar surface area (TPSA) is 11.4 Å². The molecule has 1 heterocycles. The van der Waals surface area contributed by atoms with Gasteiger partial charge in [0.1, 0.15) is 0 Å². The maximum absolute atomic E-state index is 2.53. The predicted molar refractivity (Wildman–Crippen MR) is 284 cm³/mol. The normalized spacial score (nSPS) is 14.2. The predicted octanol–water partition coefficient (Wildman–Crippen LogP) is 17.2. The largest absolute Gasteiger partial charge is 0.310 e. The molecule has 68 heavy (non-hydrogen) atoms. The summed E-state index contributed by atoms with van der Waals surface area (Å²) in [5.41, 5.74) is 19.9. The summed E-state index contributed by atoms with van der Waals surface area (Å²) >= 11 is 0. The summed E-state index contributed by atoms with van der Waals surface area (Å²) in [7, 11) is 0. The Balaban J connectivity index is 1.08. The molecule has 0 saturated heterocycles. The van der Waals surface area contributed by atoms with Crippen molar-refractivity contribution in [2.45, 2.75) is 5.41 Å². The highest BCUT2D eigenvalue weighted by molar-refractivity contribution is 6.17. The zero-order chi connectivity index (χ0) is 44.8. The highest BCUT2D eigenvalue weighted by atomic mass is 15.2. The van der Waals surface area contributed by atoms with Crippen molar-refractivity contribution in [1.82, 2.24) is 4.57 Å². The summed E-state index contributed by atoms with van der Waals surface area (Å²) in [6.45, 7) is 0. The van der Waals surface area contributed by atoms with Gasteiger partial charge in [-0.2, -0.15) is 0 Å². The van der Waals surface area contributed by atoms with E-state index in [2.05, 4.69) is 275 Å². The SMILES string of the molecule is c1ccc(N(c2ccccc2)c2cc3c(c4ccccc24)-c2ccccc2C32c3ccccc3-c3ccc(N(c4ccccc4)c4cccc5c4c4ccccc4n5-c4ccccc4)cc32)cc1. The van der Waals surface area contributed by atoms with Crippen molar-refractivity contribution in [3.8, 4) is 27.9 Å². The summed E-state index contributed by atoms with van der Waals surface area (Å²) in [6, 6.07) is 96.1. The van der Waals surface area contributed by atoms with Crippen LogP contribution >= 0.6 is 0 Å². The van der Waals surface area contributed by atoms with Crippen LogP contribution in [0.2, 0.25) is 0 Å². The lowest BCUT2D eigenvalue weighted by Crippen LogP contribution is -2.26. The van der Waals surface area contributed by atoms with Crippen molar-refractivity contribution in [1.29, 1.82) is 0 Å². The second kappa shape index (κ2) is 15.1. The van der Waals surface area contributed by atoms with Crippen molar-refractivity contribution in [3.05, 3.63) is 283 Å². The molecule has 0 N–H and O–H groups in total. The molecular formula is C65H43N3. The van der Waals surface area contributed by atoms with Crippen LogP contribution in [-0.2, 0) is 5.41 Å². The van der Waals surface area contributed by atoms with Crippen LogP contribution in [0, 0.1) is 0 Å². The van der Waals surface area contributed by atoms with Crippen LogP contribution in [0.4, 0.5) is 34.1 Å². The fourth-order valence-corrected chi connectivity index (χ4v) is 11.9. The molecule has 0 bridgehead atoms. The van der Waals surface area contributed by atoms with Crippen LogP contribution in [0.25, 0.3) is 60.5 Å². The lowest BCUT2D eigenvalue weighted by atomic mass is 9.70. The fraction of sp³-hybridized carbons (Fsp3) is 0.0154. The minimum atomic E-state index is -0.622. The first-order valence-electron chi connectivity index (χ1n) is 23.5. The van der Waals surface area contributed by atoms with Crippen LogP contribution in [-0.4, -0.2) is 4.57 Å². The van der Waals surface area contributed by atoms with E-state index in [0.717, 1.165) is 39.8 Å². The maximum atomic E-state index is 2.53. The number of rotatable bonds is 7. The van der Waals surface area contributed by atoms with E-state index in [1.807, 2.05) is 0 Å². The minimum Gasteiger partial charge on any atom is -0.310 e. The third kappa shape index (κ3) is 5.41. The Kier molecular flexibility index (Phi) is 8.50. The zero-order valence-corrected chi connectivity index (χ0v) is 37.2. The standard InChI is InChI=1S/C65H43N3/c1-5-22-44(23-6-1)66(45-24-7-2-8-25-45)62-43-58-63(52-32-14-13-31-51(52)62)53-33-16-19-36-56(53)65(58)55-35-18-15-30-49(55)50-41-40-48(42-57(50)65)67(46-26-9-3-10-27-46)60-38-21-39-61-64(60)54-34-17-20-37-59(54)68(61)47-28-11-4-12-29-47/h1-43H. The quantitative estimate of drug-likeness (QED) is 0.158. The summed E-state index contributed by atoms with van der Waals surface area (Å²) in [5.74, 6) is 0. The van der Waals surface area contributed by atoms with E-state index in [-0.39, 0.29) is 0 Å². The molecule has 0 aliphatic heterocycles. The van der Waals surface area contributed by atoms with E-state index in [1.54, 1.807) is 0 Å². The van der Waals surface area contributed by atoms with Crippen molar-refractivity contribution in [2.75, 3.05) is 9.80 Å². The van der Waals surface area contributed by atoms with Crippen LogP contribution in [0.1, 0.15) is 22.3 Å². The molecule has 12 aromatic rings. The molecule has 1 aromatic heterocycles. The summed E-state index contributed by atoms with van der Waals surface area (Å²) in [6.07, 6.45) is 0. The second-order valence-electron chi connectivity index (χ2n) is 18.0. The van der Waals surface area contributed by atoms with Gasteiger partial charge in [-0.05, 0) is 135 Å². The third-order valence-corrected chi connectivity index (χ3v) is 14.5. The molecule has 0 amide bonds. The van der Waals surface area contributed by atoms with Crippen molar-refractivity contribution >= 4 is 66.7 Å². The third-order valence-electron chi connectivity index (χ3n) is 14.5. The number of aromatic nitrogens is 1. The van der Waals surface area contributed by atoms with E-state index in [1.165, 1.54) is 77.1 Å². The molecule has 0 saturated carbocycles. The van der Waals surface area contributed by atoms with Gasteiger partial charge in [-0.25, -0.2) is 0 Å². The number of anilines is 6. The number of benzene rings is 11. The van der Waals surface area contributed by atoms with Gasteiger partial charge >= 0.3 is 0 Å². The fourth-order valence-electron chi connectivity index (χ4n) is 11.9. The minimum absolute atomic E-state index is 0.622. The monoisotopic (exact) mass is 865 g/mol. The van der Waals surface area contributed by atoms with Gasteiger partial charge in [0.25, 0.3) is 0 Å². The van der Waals surface area contributed by atoms with Crippen molar-refractivity contribution in [2.24, 2.45) is 0 Å². The van der Waals surface area contributed by atoms with Gasteiger partial charge < -0.3 is 14.4 Å². The highest BCUT2D eigenvalue weighted by Gasteiger charge is 2.52. The first kappa shape index (κ1) is 38.4. The number of hydrogen-bond acceptors (Lipinski definition) is 2.